The van der Waals surface area contributed by atoms with Crippen molar-refractivity contribution in [2.75, 3.05) is 24.2 Å². The lowest BCUT2D eigenvalue weighted by molar-refractivity contribution is -0.113. The summed E-state index contributed by atoms with van der Waals surface area (Å²) < 4.78 is 24.7. The van der Waals surface area contributed by atoms with Gasteiger partial charge in [0.15, 0.2) is 9.84 Å². The number of sulfone groups is 1. The van der Waals surface area contributed by atoms with Gasteiger partial charge in [0.05, 0.1) is 4.90 Å². The molecule has 1 aliphatic rings. The number of rotatable bonds is 6. The molecule has 3 rings (SSSR count). The van der Waals surface area contributed by atoms with Crippen LogP contribution in [0.4, 0.5) is 5.69 Å². The van der Waals surface area contributed by atoms with Crippen LogP contribution in [0.5, 0.6) is 0 Å². The van der Waals surface area contributed by atoms with Gasteiger partial charge in [-0.3, -0.25) is 9.69 Å². The van der Waals surface area contributed by atoms with Crippen molar-refractivity contribution in [3.8, 4) is 0 Å². The molecule has 1 saturated heterocycles. The van der Waals surface area contributed by atoms with Gasteiger partial charge in [-0.1, -0.05) is 30.7 Å². The zero-order valence-electron chi connectivity index (χ0n) is 15.9. The highest BCUT2D eigenvalue weighted by atomic mass is 35.5. The fourth-order valence-electron chi connectivity index (χ4n) is 3.48. The summed E-state index contributed by atoms with van der Waals surface area (Å²) in [6.07, 6.45) is 2.53. The third kappa shape index (κ3) is 5.80. The van der Waals surface area contributed by atoms with Crippen LogP contribution in [0.25, 0.3) is 0 Å². The summed E-state index contributed by atoms with van der Waals surface area (Å²) in [5.41, 5.74) is 1.77. The van der Waals surface area contributed by atoms with Crippen LogP contribution in [0, 0.1) is 5.92 Å². The Balaban J connectivity index is 1.56. The molecule has 7 heteroatoms. The zero-order chi connectivity index (χ0) is 20.1. The van der Waals surface area contributed by atoms with Crippen molar-refractivity contribution in [1.82, 2.24) is 4.90 Å². The van der Waals surface area contributed by atoms with Gasteiger partial charge in [0.25, 0.3) is 0 Å². The van der Waals surface area contributed by atoms with Crippen molar-refractivity contribution in [2.24, 2.45) is 5.92 Å². The fraction of sp³-hybridized carbons (Fsp3) is 0.381. The van der Waals surface area contributed by atoms with Gasteiger partial charge in [0.2, 0.25) is 5.91 Å². The van der Waals surface area contributed by atoms with Crippen LogP contribution in [-0.2, 0) is 21.2 Å². The maximum atomic E-state index is 12.3. The molecule has 0 aromatic heterocycles. The molecule has 1 heterocycles. The maximum absolute atomic E-state index is 12.3. The SMILES string of the molecule is CC1CCCN(Cc2ccc(NC(=O)CS(=O)(=O)c3ccc(Cl)cc3)cc2)C1. The number of halogens is 1. The van der Waals surface area contributed by atoms with E-state index in [4.69, 9.17) is 11.6 Å². The molecule has 1 atom stereocenters. The number of piperidine rings is 1. The minimum absolute atomic E-state index is 0.0816. The number of benzene rings is 2. The van der Waals surface area contributed by atoms with Crippen LogP contribution >= 0.6 is 11.6 Å². The first-order chi connectivity index (χ1) is 13.3. The molecule has 0 bridgehead atoms. The summed E-state index contributed by atoms with van der Waals surface area (Å²) in [6, 6.07) is 13.4. The normalized spacial score (nSPS) is 18.0. The number of carbonyl (C=O) groups is 1. The fourth-order valence-corrected chi connectivity index (χ4v) is 4.74. The van der Waals surface area contributed by atoms with Crippen LogP contribution in [0.3, 0.4) is 0 Å². The average Bonchev–Trinajstić information content (AvgIpc) is 2.63. The molecule has 0 spiro atoms. The first-order valence-electron chi connectivity index (χ1n) is 9.41. The Morgan fingerprint density at radius 1 is 1.14 bits per heavy atom. The van der Waals surface area contributed by atoms with Gasteiger partial charge in [0.1, 0.15) is 5.75 Å². The molecule has 0 radical (unpaired) electrons. The first-order valence-corrected chi connectivity index (χ1v) is 11.4. The Morgan fingerprint density at radius 3 is 2.46 bits per heavy atom. The lowest BCUT2D eigenvalue weighted by Crippen LogP contribution is -2.33. The minimum atomic E-state index is -3.71. The number of anilines is 1. The van der Waals surface area contributed by atoms with E-state index in [-0.39, 0.29) is 4.90 Å². The van der Waals surface area contributed by atoms with E-state index in [2.05, 4.69) is 17.1 Å². The number of hydrogen-bond acceptors (Lipinski definition) is 4. The molecule has 2 aromatic carbocycles. The van der Waals surface area contributed by atoms with E-state index in [1.807, 2.05) is 24.3 Å². The molecule has 1 fully saturated rings. The summed E-state index contributed by atoms with van der Waals surface area (Å²) in [5, 5.41) is 3.11. The van der Waals surface area contributed by atoms with Crippen LogP contribution in [0.15, 0.2) is 53.4 Å². The van der Waals surface area contributed by atoms with Gasteiger partial charge < -0.3 is 5.32 Å². The second-order valence-corrected chi connectivity index (χ2v) is 9.87. The van der Waals surface area contributed by atoms with E-state index < -0.39 is 21.5 Å². The molecule has 1 amide bonds. The number of nitrogens with one attached hydrogen (secondary N) is 1. The largest absolute Gasteiger partial charge is 0.325 e. The number of likely N-dealkylation sites (tertiary alicyclic amines) is 1. The molecule has 1 unspecified atom stereocenters. The van der Waals surface area contributed by atoms with E-state index >= 15 is 0 Å². The molecular formula is C21H25ClN2O3S. The van der Waals surface area contributed by atoms with Crippen LogP contribution in [0.1, 0.15) is 25.3 Å². The highest BCUT2D eigenvalue weighted by Gasteiger charge is 2.20. The van der Waals surface area contributed by atoms with Crippen molar-refractivity contribution in [3.05, 3.63) is 59.1 Å². The molecule has 0 aliphatic carbocycles. The summed E-state index contributed by atoms with van der Waals surface area (Å²) in [6.45, 7) is 5.40. The Labute approximate surface area is 171 Å². The Bertz CT molecular complexity index is 912. The summed E-state index contributed by atoms with van der Waals surface area (Å²) >= 11 is 5.78. The number of hydrogen-bond donors (Lipinski definition) is 1. The highest BCUT2D eigenvalue weighted by Crippen LogP contribution is 2.19. The number of amides is 1. The molecule has 2 aromatic rings. The third-order valence-corrected chi connectivity index (χ3v) is 6.76. The van der Waals surface area contributed by atoms with Crippen molar-refractivity contribution < 1.29 is 13.2 Å². The minimum Gasteiger partial charge on any atom is -0.325 e. The smallest absolute Gasteiger partial charge is 0.239 e. The van der Waals surface area contributed by atoms with Crippen molar-refractivity contribution in [1.29, 1.82) is 0 Å². The lowest BCUT2D eigenvalue weighted by atomic mass is 10.00. The second-order valence-electron chi connectivity index (χ2n) is 7.44. The van der Waals surface area contributed by atoms with Crippen LogP contribution in [-0.4, -0.2) is 38.1 Å². The molecule has 150 valence electrons. The van der Waals surface area contributed by atoms with Crippen molar-refractivity contribution in [2.45, 2.75) is 31.2 Å². The number of carbonyl (C=O) groups excluding carboxylic acids is 1. The zero-order valence-corrected chi connectivity index (χ0v) is 17.5. The summed E-state index contributed by atoms with van der Waals surface area (Å²) in [5.74, 6) is -0.440. The predicted molar refractivity (Wildman–Crippen MR) is 112 cm³/mol. The molecular weight excluding hydrogens is 396 g/mol. The lowest BCUT2D eigenvalue weighted by Gasteiger charge is -2.30. The molecule has 0 saturated carbocycles. The summed E-state index contributed by atoms with van der Waals surface area (Å²) in [4.78, 5) is 14.7. The van der Waals surface area contributed by atoms with E-state index in [1.165, 1.54) is 42.7 Å². The van der Waals surface area contributed by atoms with Gasteiger partial charge >= 0.3 is 0 Å². The van der Waals surface area contributed by atoms with E-state index in [9.17, 15) is 13.2 Å². The van der Waals surface area contributed by atoms with Gasteiger partial charge in [-0.25, -0.2) is 8.42 Å². The quantitative estimate of drug-likeness (QED) is 0.767. The van der Waals surface area contributed by atoms with E-state index in [0.717, 1.165) is 25.6 Å². The standard InChI is InChI=1S/C21H25ClN2O3S/c1-16-3-2-12-24(13-16)14-17-4-8-19(9-5-17)23-21(25)15-28(26,27)20-10-6-18(22)7-11-20/h4-11,16H,2-3,12-15H2,1H3,(H,23,25). The first kappa shape index (κ1) is 20.8. The maximum Gasteiger partial charge on any atom is 0.239 e. The Morgan fingerprint density at radius 2 is 1.82 bits per heavy atom. The van der Waals surface area contributed by atoms with Crippen LogP contribution in [0.2, 0.25) is 5.02 Å². The highest BCUT2D eigenvalue weighted by molar-refractivity contribution is 7.92. The van der Waals surface area contributed by atoms with Crippen molar-refractivity contribution in [3.63, 3.8) is 0 Å². The molecule has 1 N–H and O–H groups in total. The van der Waals surface area contributed by atoms with Crippen LogP contribution < -0.4 is 5.32 Å². The van der Waals surface area contributed by atoms with E-state index in [1.54, 1.807) is 0 Å². The Kier molecular flexibility index (Phi) is 6.75. The van der Waals surface area contributed by atoms with Crippen molar-refractivity contribution >= 4 is 33.0 Å². The van der Waals surface area contributed by atoms with Gasteiger partial charge in [0, 0.05) is 23.8 Å². The molecule has 28 heavy (non-hydrogen) atoms. The topological polar surface area (TPSA) is 66.5 Å². The monoisotopic (exact) mass is 420 g/mol. The third-order valence-electron chi connectivity index (χ3n) is 4.88. The number of nitrogens with zero attached hydrogens (tertiary/aromatic N) is 1. The second kappa shape index (κ2) is 9.07. The average molecular weight is 421 g/mol. The van der Waals surface area contributed by atoms with E-state index in [0.29, 0.717) is 10.7 Å². The Hall–Kier alpha value is -1.89. The molecule has 5 nitrogen and oxygen atoms in total. The van der Waals surface area contributed by atoms with Gasteiger partial charge in [-0.05, 0) is 67.3 Å². The predicted octanol–water partition coefficient (Wildman–Crippen LogP) is 3.98. The molecule has 1 aliphatic heterocycles. The van der Waals surface area contributed by atoms with Gasteiger partial charge in [-0.15, -0.1) is 0 Å². The summed E-state index contributed by atoms with van der Waals surface area (Å²) in [7, 11) is -3.71. The van der Waals surface area contributed by atoms with Gasteiger partial charge in [-0.2, -0.15) is 0 Å².